The van der Waals surface area contributed by atoms with Gasteiger partial charge in [-0.15, -0.1) is 0 Å². The van der Waals surface area contributed by atoms with Crippen molar-refractivity contribution < 1.29 is 9.47 Å². The minimum atomic E-state index is 0.729. The SMILES string of the molecule is CCCCCCNc1nccc2cc(OC)c(OC)cc12. The standard InChI is InChI=1S/C17H24N2O2/c1-4-5-6-7-9-18-17-14-12-16(21-3)15(20-2)11-13(14)8-10-19-17/h8,10-12H,4-7,9H2,1-3H3,(H,18,19). The first-order chi connectivity index (χ1) is 10.3. The zero-order chi connectivity index (χ0) is 15.1. The molecular weight excluding hydrogens is 264 g/mol. The molecule has 0 saturated carbocycles. The van der Waals surface area contributed by atoms with Crippen LogP contribution in [0.25, 0.3) is 10.8 Å². The summed E-state index contributed by atoms with van der Waals surface area (Å²) in [5, 5.41) is 5.58. The Labute approximate surface area is 126 Å². The van der Waals surface area contributed by atoms with Crippen molar-refractivity contribution in [1.82, 2.24) is 4.98 Å². The first-order valence-electron chi connectivity index (χ1n) is 7.54. The van der Waals surface area contributed by atoms with Crippen LogP contribution in [0.1, 0.15) is 32.6 Å². The van der Waals surface area contributed by atoms with Crippen molar-refractivity contribution in [2.45, 2.75) is 32.6 Å². The smallest absolute Gasteiger partial charge is 0.161 e. The molecule has 0 bridgehead atoms. The number of ether oxygens (including phenoxy) is 2. The quantitative estimate of drug-likeness (QED) is 0.738. The summed E-state index contributed by atoms with van der Waals surface area (Å²) in [6, 6.07) is 5.95. The van der Waals surface area contributed by atoms with Crippen LogP contribution in [0, 0.1) is 0 Å². The highest BCUT2D eigenvalue weighted by Crippen LogP contribution is 2.34. The monoisotopic (exact) mass is 288 g/mol. The average molecular weight is 288 g/mol. The molecule has 2 rings (SSSR count). The molecular formula is C17H24N2O2. The molecule has 0 radical (unpaired) electrons. The fourth-order valence-electron chi connectivity index (χ4n) is 2.40. The Morgan fingerprint density at radius 1 is 1.05 bits per heavy atom. The lowest BCUT2D eigenvalue weighted by molar-refractivity contribution is 0.356. The van der Waals surface area contributed by atoms with Crippen molar-refractivity contribution in [3.8, 4) is 11.5 Å². The van der Waals surface area contributed by atoms with E-state index in [1.54, 1.807) is 14.2 Å². The van der Waals surface area contributed by atoms with Gasteiger partial charge in [0.15, 0.2) is 11.5 Å². The van der Waals surface area contributed by atoms with Crippen LogP contribution < -0.4 is 14.8 Å². The Morgan fingerprint density at radius 2 is 1.81 bits per heavy atom. The molecule has 1 N–H and O–H groups in total. The topological polar surface area (TPSA) is 43.4 Å². The number of nitrogens with one attached hydrogen (secondary N) is 1. The molecule has 21 heavy (non-hydrogen) atoms. The fraction of sp³-hybridized carbons (Fsp3) is 0.471. The van der Waals surface area contributed by atoms with E-state index in [0.29, 0.717) is 0 Å². The summed E-state index contributed by atoms with van der Waals surface area (Å²) in [5.74, 6) is 2.38. The normalized spacial score (nSPS) is 10.6. The van der Waals surface area contributed by atoms with Crippen molar-refractivity contribution in [2.24, 2.45) is 0 Å². The molecule has 0 saturated heterocycles. The Morgan fingerprint density at radius 3 is 2.52 bits per heavy atom. The molecule has 2 aromatic rings. The summed E-state index contributed by atoms with van der Waals surface area (Å²) in [4.78, 5) is 4.45. The van der Waals surface area contributed by atoms with Gasteiger partial charge in [-0.25, -0.2) is 4.98 Å². The van der Waals surface area contributed by atoms with E-state index in [1.807, 2.05) is 24.4 Å². The van der Waals surface area contributed by atoms with E-state index in [4.69, 9.17) is 9.47 Å². The van der Waals surface area contributed by atoms with Crippen LogP contribution in [0.15, 0.2) is 24.4 Å². The third kappa shape index (κ3) is 3.78. The first kappa shape index (κ1) is 15.4. The van der Waals surface area contributed by atoms with Gasteiger partial charge in [-0.2, -0.15) is 0 Å². The van der Waals surface area contributed by atoms with Crippen molar-refractivity contribution in [3.63, 3.8) is 0 Å². The molecule has 4 heteroatoms. The van der Waals surface area contributed by atoms with Gasteiger partial charge in [-0.05, 0) is 30.0 Å². The summed E-state index contributed by atoms with van der Waals surface area (Å²) >= 11 is 0. The average Bonchev–Trinajstić information content (AvgIpc) is 2.53. The number of hydrogen-bond acceptors (Lipinski definition) is 4. The predicted molar refractivity (Wildman–Crippen MR) is 87.5 cm³/mol. The molecule has 1 aromatic carbocycles. The molecule has 1 aromatic heterocycles. The van der Waals surface area contributed by atoms with Gasteiger partial charge in [-0.1, -0.05) is 26.2 Å². The lowest BCUT2D eigenvalue weighted by Gasteiger charge is -2.12. The van der Waals surface area contributed by atoms with Gasteiger partial charge in [0, 0.05) is 18.1 Å². The molecule has 0 fully saturated rings. The molecule has 0 aliphatic rings. The number of methoxy groups -OCH3 is 2. The third-order valence-electron chi connectivity index (χ3n) is 3.59. The number of nitrogens with zero attached hydrogens (tertiary/aromatic N) is 1. The van der Waals surface area contributed by atoms with Crippen LogP contribution in [0.4, 0.5) is 5.82 Å². The number of anilines is 1. The van der Waals surface area contributed by atoms with Crippen LogP contribution >= 0.6 is 0 Å². The molecule has 0 amide bonds. The van der Waals surface area contributed by atoms with Crippen LogP contribution in [0.3, 0.4) is 0 Å². The first-order valence-corrected chi connectivity index (χ1v) is 7.54. The molecule has 0 aliphatic carbocycles. The second-order valence-corrected chi connectivity index (χ2v) is 5.08. The Balaban J connectivity index is 2.19. The number of hydrogen-bond donors (Lipinski definition) is 1. The Hall–Kier alpha value is -1.97. The number of benzene rings is 1. The molecule has 0 unspecified atom stereocenters. The molecule has 0 atom stereocenters. The van der Waals surface area contributed by atoms with Crippen LogP contribution in [-0.2, 0) is 0 Å². The second kappa shape index (κ2) is 7.72. The largest absolute Gasteiger partial charge is 0.493 e. The Kier molecular flexibility index (Phi) is 5.67. The minimum Gasteiger partial charge on any atom is -0.493 e. The number of unbranched alkanes of at least 4 members (excludes halogenated alkanes) is 3. The number of aromatic nitrogens is 1. The van der Waals surface area contributed by atoms with E-state index >= 15 is 0 Å². The van der Waals surface area contributed by atoms with Crippen LogP contribution in [-0.4, -0.2) is 25.7 Å². The highest BCUT2D eigenvalue weighted by molar-refractivity contribution is 5.94. The van der Waals surface area contributed by atoms with E-state index in [-0.39, 0.29) is 0 Å². The maximum Gasteiger partial charge on any atom is 0.161 e. The van der Waals surface area contributed by atoms with Gasteiger partial charge in [-0.3, -0.25) is 0 Å². The van der Waals surface area contributed by atoms with Gasteiger partial charge in [0.25, 0.3) is 0 Å². The zero-order valence-electron chi connectivity index (χ0n) is 13.1. The maximum absolute atomic E-state index is 5.38. The lowest BCUT2D eigenvalue weighted by atomic mass is 10.1. The van der Waals surface area contributed by atoms with E-state index in [2.05, 4.69) is 17.2 Å². The van der Waals surface area contributed by atoms with Gasteiger partial charge in [0.1, 0.15) is 5.82 Å². The van der Waals surface area contributed by atoms with Gasteiger partial charge >= 0.3 is 0 Å². The van der Waals surface area contributed by atoms with E-state index < -0.39 is 0 Å². The third-order valence-corrected chi connectivity index (χ3v) is 3.59. The van der Waals surface area contributed by atoms with Crippen LogP contribution in [0.2, 0.25) is 0 Å². The summed E-state index contributed by atoms with van der Waals surface area (Å²) < 4.78 is 10.7. The summed E-state index contributed by atoms with van der Waals surface area (Å²) in [5.41, 5.74) is 0. The molecule has 0 spiro atoms. The Bertz CT molecular complexity index is 584. The van der Waals surface area contributed by atoms with Crippen molar-refractivity contribution in [1.29, 1.82) is 0 Å². The van der Waals surface area contributed by atoms with Crippen molar-refractivity contribution in [3.05, 3.63) is 24.4 Å². The lowest BCUT2D eigenvalue weighted by Crippen LogP contribution is -2.04. The van der Waals surface area contributed by atoms with Crippen molar-refractivity contribution in [2.75, 3.05) is 26.1 Å². The summed E-state index contributed by atoms with van der Waals surface area (Å²) in [6.45, 7) is 3.17. The number of fused-ring (bicyclic) bond motifs is 1. The highest BCUT2D eigenvalue weighted by Gasteiger charge is 2.09. The van der Waals surface area contributed by atoms with Gasteiger partial charge in [0.05, 0.1) is 14.2 Å². The zero-order valence-corrected chi connectivity index (χ0v) is 13.1. The summed E-state index contributed by atoms with van der Waals surface area (Å²) in [6.07, 6.45) is 6.78. The minimum absolute atomic E-state index is 0.729. The van der Waals surface area contributed by atoms with E-state index in [0.717, 1.165) is 34.6 Å². The molecule has 0 aliphatic heterocycles. The van der Waals surface area contributed by atoms with Gasteiger partial charge < -0.3 is 14.8 Å². The maximum atomic E-state index is 5.38. The van der Waals surface area contributed by atoms with E-state index in [1.165, 1.54) is 25.7 Å². The van der Waals surface area contributed by atoms with Gasteiger partial charge in [0.2, 0.25) is 0 Å². The summed E-state index contributed by atoms with van der Waals surface area (Å²) in [7, 11) is 3.30. The second-order valence-electron chi connectivity index (χ2n) is 5.08. The molecule has 1 heterocycles. The highest BCUT2D eigenvalue weighted by atomic mass is 16.5. The molecule has 4 nitrogen and oxygen atoms in total. The predicted octanol–water partition coefficient (Wildman–Crippen LogP) is 4.24. The molecule has 114 valence electrons. The van der Waals surface area contributed by atoms with E-state index in [9.17, 15) is 0 Å². The fourth-order valence-corrected chi connectivity index (χ4v) is 2.40. The van der Waals surface area contributed by atoms with Crippen molar-refractivity contribution >= 4 is 16.6 Å². The number of rotatable bonds is 8. The van der Waals surface area contributed by atoms with Crippen LogP contribution in [0.5, 0.6) is 11.5 Å². The number of pyridine rings is 1.